The van der Waals surface area contributed by atoms with Gasteiger partial charge in [0.2, 0.25) is 11.0 Å². The molecule has 11 heteroatoms. The van der Waals surface area contributed by atoms with Gasteiger partial charge in [0, 0.05) is 12.0 Å². The zero-order chi connectivity index (χ0) is 20.1. The highest BCUT2D eigenvalue weighted by molar-refractivity contribution is 7.99. The third kappa shape index (κ3) is 4.77. The molecule has 1 unspecified atom stereocenters. The first-order valence-corrected chi connectivity index (χ1v) is 9.60. The molecule has 1 atom stereocenters. The lowest BCUT2D eigenvalue weighted by atomic mass is 10.2. The van der Waals surface area contributed by atoms with Crippen LogP contribution in [0.3, 0.4) is 0 Å². The average Bonchev–Trinajstić information content (AvgIpc) is 3.28. The highest BCUT2D eigenvalue weighted by Gasteiger charge is 2.20. The van der Waals surface area contributed by atoms with Crippen molar-refractivity contribution in [2.24, 2.45) is 0 Å². The maximum atomic E-state index is 12.2. The van der Waals surface area contributed by atoms with E-state index in [0.29, 0.717) is 28.3 Å². The van der Waals surface area contributed by atoms with E-state index in [2.05, 4.69) is 32.0 Å². The number of alkyl halides is 2. The van der Waals surface area contributed by atoms with E-state index < -0.39 is 6.61 Å². The molecule has 0 aliphatic rings. The largest absolute Gasteiger partial charge is 0.435 e. The van der Waals surface area contributed by atoms with Gasteiger partial charge in [-0.15, -0.1) is 10.2 Å². The molecule has 0 fully saturated rings. The van der Waals surface area contributed by atoms with Gasteiger partial charge < -0.3 is 15.1 Å². The lowest BCUT2D eigenvalue weighted by molar-refractivity contribution is -0.0498. The number of unbranched alkanes of at least 4 members (excludes halogenated alkanes) is 1. The molecule has 8 nitrogen and oxygen atoms in total. The van der Waals surface area contributed by atoms with Crippen molar-refractivity contribution in [3.63, 3.8) is 0 Å². The fraction of sp³-hybridized carbons (Fsp3) is 0.412. The number of ether oxygens (including phenoxy) is 1. The Balaban J connectivity index is 1.69. The molecule has 0 radical (unpaired) electrons. The minimum absolute atomic E-state index is 0.0559. The van der Waals surface area contributed by atoms with E-state index in [0.717, 1.165) is 19.3 Å². The quantitative estimate of drug-likeness (QED) is 0.419. The second-order valence-corrected chi connectivity index (χ2v) is 7.30. The van der Waals surface area contributed by atoms with Crippen molar-refractivity contribution in [3.05, 3.63) is 36.0 Å². The van der Waals surface area contributed by atoms with Crippen LogP contribution in [0, 0.1) is 0 Å². The standard InChI is InChI=1S/C17H20F2N6O2S/c1-3-4-5-13-21-15(27-24-13)10(2)28-17-23-22-14(25(17)20)11-6-8-12(9-7-11)26-16(18)19/h6-10,16H,3-5,20H2,1-2H3. The monoisotopic (exact) mass is 410 g/mol. The molecule has 0 saturated carbocycles. The number of benzene rings is 1. The molecule has 0 amide bonds. The van der Waals surface area contributed by atoms with Crippen LogP contribution in [0.4, 0.5) is 8.78 Å². The third-order valence-electron chi connectivity index (χ3n) is 3.87. The van der Waals surface area contributed by atoms with Crippen LogP contribution in [0.2, 0.25) is 0 Å². The summed E-state index contributed by atoms with van der Waals surface area (Å²) < 4.78 is 35.5. The van der Waals surface area contributed by atoms with Crippen molar-refractivity contribution in [1.29, 1.82) is 0 Å². The lowest BCUT2D eigenvalue weighted by Crippen LogP contribution is -2.12. The predicted octanol–water partition coefficient (Wildman–Crippen LogP) is 3.84. The maximum Gasteiger partial charge on any atom is 0.387 e. The predicted molar refractivity (Wildman–Crippen MR) is 99.4 cm³/mol. The number of hydrogen-bond donors (Lipinski definition) is 1. The van der Waals surface area contributed by atoms with Gasteiger partial charge in [-0.05, 0) is 37.6 Å². The molecule has 0 aliphatic heterocycles. The van der Waals surface area contributed by atoms with Gasteiger partial charge >= 0.3 is 6.61 Å². The van der Waals surface area contributed by atoms with Crippen LogP contribution < -0.4 is 10.6 Å². The normalized spacial score (nSPS) is 12.5. The van der Waals surface area contributed by atoms with Crippen LogP contribution in [0.5, 0.6) is 5.75 Å². The van der Waals surface area contributed by atoms with Crippen LogP contribution in [0.15, 0.2) is 33.9 Å². The molecule has 0 spiro atoms. The smallest absolute Gasteiger partial charge is 0.387 e. The molecule has 2 heterocycles. The highest BCUT2D eigenvalue weighted by atomic mass is 32.2. The molecule has 0 bridgehead atoms. The van der Waals surface area contributed by atoms with Crippen molar-refractivity contribution in [2.75, 3.05) is 5.84 Å². The molecule has 2 aromatic heterocycles. The number of halogens is 2. The van der Waals surface area contributed by atoms with Crippen molar-refractivity contribution in [2.45, 2.75) is 50.1 Å². The van der Waals surface area contributed by atoms with Crippen LogP contribution in [-0.4, -0.2) is 31.6 Å². The van der Waals surface area contributed by atoms with E-state index in [9.17, 15) is 8.78 Å². The molecular weight excluding hydrogens is 390 g/mol. The minimum atomic E-state index is -2.87. The SMILES string of the molecule is CCCCc1noc(C(C)Sc2nnc(-c3ccc(OC(F)F)cc3)n2N)n1. The second kappa shape index (κ2) is 9.00. The van der Waals surface area contributed by atoms with Gasteiger partial charge in [0.25, 0.3) is 0 Å². The number of aromatic nitrogens is 5. The summed E-state index contributed by atoms with van der Waals surface area (Å²) >= 11 is 1.33. The number of nitrogens with two attached hydrogens (primary N) is 1. The molecule has 2 N–H and O–H groups in total. The van der Waals surface area contributed by atoms with E-state index in [-0.39, 0.29) is 11.0 Å². The Hall–Kier alpha value is -2.69. The van der Waals surface area contributed by atoms with E-state index in [1.165, 1.54) is 28.6 Å². The number of nitrogen functional groups attached to an aromatic ring is 1. The molecule has 150 valence electrons. The first-order valence-electron chi connectivity index (χ1n) is 8.72. The second-order valence-electron chi connectivity index (χ2n) is 5.99. The summed E-state index contributed by atoms with van der Waals surface area (Å²) in [7, 11) is 0. The molecule has 3 rings (SSSR count). The Kier molecular flexibility index (Phi) is 6.45. The molecule has 1 aromatic carbocycles. The summed E-state index contributed by atoms with van der Waals surface area (Å²) in [5.74, 6) is 7.74. The minimum Gasteiger partial charge on any atom is -0.435 e. The van der Waals surface area contributed by atoms with Gasteiger partial charge in [-0.3, -0.25) is 0 Å². The zero-order valence-electron chi connectivity index (χ0n) is 15.4. The van der Waals surface area contributed by atoms with Crippen molar-refractivity contribution in [1.82, 2.24) is 25.0 Å². The van der Waals surface area contributed by atoms with E-state index in [4.69, 9.17) is 10.4 Å². The number of hydrogen-bond acceptors (Lipinski definition) is 8. The molecule has 3 aromatic rings. The van der Waals surface area contributed by atoms with Crippen molar-refractivity contribution in [3.8, 4) is 17.1 Å². The van der Waals surface area contributed by atoms with Gasteiger partial charge in [0.05, 0.1) is 5.25 Å². The fourth-order valence-corrected chi connectivity index (χ4v) is 3.22. The highest BCUT2D eigenvalue weighted by Crippen LogP contribution is 2.33. The van der Waals surface area contributed by atoms with Crippen LogP contribution in [0.25, 0.3) is 11.4 Å². The summed E-state index contributed by atoms with van der Waals surface area (Å²) in [4.78, 5) is 4.40. The number of nitrogens with zero attached hydrogens (tertiary/aromatic N) is 5. The topological polar surface area (TPSA) is 105 Å². The summed E-state index contributed by atoms with van der Waals surface area (Å²) in [6, 6.07) is 6.01. The summed E-state index contributed by atoms with van der Waals surface area (Å²) in [6.45, 7) is 1.14. The van der Waals surface area contributed by atoms with E-state index in [1.54, 1.807) is 12.1 Å². The Labute approximate surface area is 164 Å². The van der Waals surface area contributed by atoms with Crippen molar-refractivity contribution < 1.29 is 18.0 Å². The number of thioether (sulfide) groups is 1. The Morgan fingerprint density at radius 1 is 1.25 bits per heavy atom. The third-order valence-corrected chi connectivity index (χ3v) is 4.91. The van der Waals surface area contributed by atoms with E-state index >= 15 is 0 Å². The fourth-order valence-electron chi connectivity index (χ4n) is 2.42. The molecular formula is C17H20F2N6O2S. The van der Waals surface area contributed by atoms with Crippen LogP contribution in [0.1, 0.15) is 43.7 Å². The number of rotatable bonds is 9. The van der Waals surface area contributed by atoms with Gasteiger partial charge in [-0.25, -0.2) is 4.68 Å². The maximum absolute atomic E-state index is 12.2. The number of aryl methyl sites for hydroxylation is 1. The molecule has 28 heavy (non-hydrogen) atoms. The van der Waals surface area contributed by atoms with E-state index in [1.807, 2.05) is 6.92 Å². The Bertz CT molecular complexity index is 899. The van der Waals surface area contributed by atoms with Gasteiger partial charge in [0.1, 0.15) is 5.75 Å². The summed E-state index contributed by atoms with van der Waals surface area (Å²) in [5, 5.41) is 12.5. The summed E-state index contributed by atoms with van der Waals surface area (Å²) in [5.41, 5.74) is 0.621. The molecule has 0 aliphatic carbocycles. The zero-order valence-corrected chi connectivity index (χ0v) is 16.2. The van der Waals surface area contributed by atoms with Crippen LogP contribution in [-0.2, 0) is 6.42 Å². The average molecular weight is 410 g/mol. The lowest BCUT2D eigenvalue weighted by Gasteiger charge is -2.07. The summed E-state index contributed by atoms with van der Waals surface area (Å²) in [6.07, 6.45) is 2.84. The first kappa shape index (κ1) is 20.1. The van der Waals surface area contributed by atoms with Crippen molar-refractivity contribution >= 4 is 11.8 Å². The van der Waals surface area contributed by atoms with Crippen LogP contribution >= 0.6 is 11.8 Å². The van der Waals surface area contributed by atoms with Gasteiger partial charge in [0.15, 0.2) is 11.6 Å². The van der Waals surface area contributed by atoms with Gasteiger partial charge in [-0.2, -0.15) is 13.8 Å². The first-order chi connectivity index (χ1) is 13.5. The van der Waals surface area contributed by atoms with Gasteiger partial charge in [-0.1, -0.05) is 30.3 Å². The Morgan fingerprint density at radius 3 is 2.68 bits per heavy atom. The Morgan fingerprint density at radius 2 is 2.00 bits per heavy atom. The molecule has 0 saturated heterocycles.